The van der Waals surface area contributed by atoms with Crippen LogP contribution in [0.1, 0.15) is 23.6 Å². The van der Waals surface area contributed by atoms with E-state index in [1.165, 1.54) is 18.3 Å². The van der Waals surface area contributed by atoms with Crippen LogP contribution in [0, 0.1) is 9.39 Å². The fourth-order valence-corrected chi connectivity index (χ4v) is 3.96. The summed E-state index contributed by atoms with van der Waals surface area (Å²) >= 11 is 14.2. The highest BCUT2D eigenvalue weighted by atomic mass is 127. The molecule has 1 N–H and O–H groups in total. The number of nitrogens with zero attached hydrogens (tertiary/aromatic N) is 1. The van der Waals surface area contributed by atoms with E-state index in [1.807, 2.05) is 19.1 Å². The Kier molecular flexibility index (Phi) is 9.34. The number of ether oxygens (including phenoxy) is 2. The number of amides is 1. The Morgan fingerprint density at radius 3 is 2.48 bits per heavy atom. The summed E-state index contributed by atoms with van der Waals surface area (Å²) in [5, 5.41) is 4.96. The van der Waals surface area contributed by atoms with Crippen LogP contribution in [0.2, 0.25) is 10.0 Å². The molecule has 3 aromatic carbocycles. The first-order chi connectivity index (χ1) is 15.9. The Hall–Kier alpha value is -2.36. The van der Waals surface area contributed by atoms with E-state index in [9.17, 15) is 9.18 Å². The van der Waals surface area contributed by atoms with Gasteiger partial charge >= 0.3 is 0 Å². The van der Waals surface area contributed by atoms with Gasteiger partial charge in [-0.05, 0) is 82.6 Å². The van der Waals surface area contributed by atoms with Gasteiger partial charge < -0.3 is 9.47 Å². The third-order valence-electron chi connectivity index (χ3n) is 4.38. The van der Waals surface area contributed by atoms with Crippen LogP contribution >= 0.6 is 45.8 Å². The number of hydrogen-bond acceptors (Lipinski definition) is 4. The van der Waals surface area contributed by atoms with Crippen molar-refractivity contribution >= 4 is 57.9 Å². The Bertz CT molecular complexity index is 1160. The molecule has 1 amide bonds. The SMILES string of the molecule is CCOc1cc(/C=N/NC(=O)Cc2ccc(F)cc2)cc(I)c1OCc1ccc(Cl)c(Cl)c1. The van der Waals surface area contributed by atoms with Gasteiger partial charge in [-0.2, -0.15) is 5.10 Å². The molecule has 3 rings (SSSR count). The van der Waals surface area contributed by atoms with E-state index in [2.05, 4.69) is 33.1 Å². The first kappa shape index (κ1) is 25.3. The standard InChI is InChI=1S/C24H20Cl2FIN2O3/c1-2-32-22-11-17(13-29-30-23(31)12-15-3-6-18(27)7-4-15)10-21(28)24(22)33-14-16-5-8-19(25)20(26)9-16/h3-11,13H,2,12,14H2,1H3,(H,30,31)/b29-13+. The second-order valence-electron chi connectivity index (χ2n) is 6.90. The summed E-state index contributed by atoms with van der Waals surface area (Å²) < 4.78 is 25.5. The third kappa shape index (κ3) is 7.58. The van der Waals surface area contributed by atoms with Crippen molar-refractivity contribution in [2.24, 2.45) is 5.10 Å². The number of carbonyl (C=O) groups is 1. The Morgan fingerprint density at radius 1 is 1.06 bits per heavy atom. The van der Waals surface area contributed by atoms with Crippen molar-refractivity contribution in [1.82, 2.24) is 5.43 Å². The predicted molar refractivity (Wildman–Crippen MR) is 137 cm³/mol. The Labute approximate surface area is 215 Å². The molecule has 0 aliphatic heterocycles. The van der Waals surface area contributed by atoms with Gasteiger partial charge in [0.1, 0.15) is 12.4 Å². The summed E-state index contributed by atoms with van der Waals surface area (Å²) in [5.74, 6) is 0.505. The molecule has 0 atom stereocenters. The number of nitrogens with one attached hydrogen (secondary N) is 1. The molecule has 0 saturated carbocycles. The predicted octanol–water partition coefficient (Wildman–Crippen LogP) is 6.41. The van der Waals surface area contributed by atoms with Crippen molar-refractivity contribution in [1.29, 1.82) is 0 Å². The highest BCUT2D eigenvalue weighted by Gasteiger charge is 2.13. The molecular formula is C24H20Cl2FIN2O3. The van der Waals surface area contributed by atoms with E-state index in [-0.39, 0.29) is 18.1 Å². The minimum atomic E-state index is -0.346. The van der Waals surface area contributed by atoms with Crippen molar-refractivity contribution in [2.75, 3.05) is 6.61 Å². The normalized spacial score (nSPS) is 10.9. The molecule has 0 aliphatic carbocycles. The summed E-state index contributed by atoms with van der Waals surface area (Å²) in [5.41, 5.74) is 4.77. The number of hydrogen-bond donors (Lipinski definition) is 1. The van der Waals surface area contributed by atoms with Crippen LogP contribution in [-0.4, -0.2) is 18.7 Å². The molecule has 0 aromatic heterocycles. The molecule has 9 heteroatoms. The maximum Gasteiger partial charge on any atom is 0.244 e. The highest BCUT2D eigenvalue weighted by Crippen LogP contribution is 2.35. The summed E-state index contributed by atoms with van der Waals surface area (Å²) in [6.07, 6.45) is 1.62. The highest BCUT2D eigenvalue weighted by molar-refractivity contribution is 14.1. The van der Waals surface area contributed by atoms with Gasteiger partial charge in [0, 0.05) is 0 Å². The van der Waals surface area contributed by atoms with Crippen LogP contribution in [-0.2, 0) is 17.8 Å². The molecule has 0 fully saturated rings. The molecule has 0 spiro atoms. The average molecular weight is 601 g/mol. The lowest BCUT2D eigenvalue weighted by atomic mass is 10.1. The molecule has 5 nitrogen and oxygen atoms in total. The Morgan fingerprint density at radius 2 is 1.79 bits per heavy atom. The molecular weight excluding hydrogens is 581 g/mol. The molecule has 0 bridgehead atoms. The molecule has 3 aromatic rings. The van der Waals surface area contributed by atoms with Gasteiger partial charge in [0.05, 0.1) is 32.9 Å². The molecule has 33 heavy (non-hydrogen) atoms. The van der Waals surface area contributed by atoms with Gasteiger partial charge in [0.15, 0.2) is 11.5 Å². The van der Waals surface area contributed by atoms with Crippen molar-refractivity contribution in [3.63, 3.8) is 0 Å². The number of halogens is 4. The molecule has 0 heterocycles. The van der Waals surface area contributed by atoms with E-state index < -0.39 is 0 Å². The van der Waals surface area contributed by atoms with E-state index in [4.69, 9.17) is 32.7 Å². The molecule has 0 unspecified atom stereocenters. The average Bonchev–Trinajstić information content (AvgIpc) is 2.77. The van der Waals surface area contributed by atoms with Crippen molar-refractivity contribution in [3.05, 3.63) is 90.7 Å². The zero-order valence-corrected chi connectivity index (χ0v) is 21.2. The van der Waals surface area contributed by atoms with Crippen LogP contribution < -0.4 is 14.9 Å². The lowest BCUT2D eigenvalue weighted by Crippen LogP contribution is -2.19. The number of benzene rings is 3. The zero-order valence-electron chi connectivity index (χ0n) is 17.6. The van der Waals surface area contributed by atoms with E-state index in [1.54, 1.807) is 30.3 Å². The molecule has 172 valence electrons. The minimum absolute atomic E-state index is 0.0981. The fraction of sp³-hybridized carbons (Fsp3) is 0.167. The van der Waals surface area contributed by atoms with Gasteiger partial charge in [-0.1, -0.05) is 41.4 Å². The largest absolute Gasteiger partial charge is 0.490 e. The van der Waals surface area contributed by atoms with Crippen LogP contribution in [0.3, 0.4) is 0 Å². The molecule has 0 aliphatic rings. The quantitative estimate of drug-likeness (QED) is 0.175. The van der Waals surface area contributed by atoms with Crippen molar-refractivity contribution < 1.29 is 18.7 Å². The van der Waals surface area contributed by atoms with Gasteiger partial charge in [-0.15, -0.1) is 0 Å². The number of rotatable bonds is 9. The maximum atomic E-state index is 13.0. The Balaban J connectivity index is 1.66. The lowest BCUT2D eigenvalue weighted by Gasteiger charge is -2.15. The van der Waals surface area contributed by atoms with Crippen molar-refractivity contribution in [2.45, 2.75) is 20.0 Å². The summed E-state index contributed by atoms with van der Waals surface area (Å²) in [6.45, 7) is 2.63. The van der Waals surface area contributed by atoms with Crippen LogP contribution in [0.25, 0.3) is 0 Å². The van der Waals surface area contributed by atoms with E-state index in [0.29, 0.717) is 40.3 Å². The molecule has 0 saturated heterocycles. The fourth-order valence-electron chi connectivity index (χ4n) is 2.86. The van der Waals surface area contributed by atoms with Gasteiger partial charge in [-0.25, -0.2) is 9.82 Å². The first-order valence-corrected chi connectivity index (χ1v) is 11.8. The summed E-state index contributed by atoms with van der Waals surface area (Å²) in [6, 6.07) is 14.7. The zero-order chi connectivity index (χ0) is 23.8. The van der Waals surface area contributed by atoms with E-state index >= 15 is 0 Å². The first-order valence-electron chi connectivity index (χ1n) is 9.95. The van der Waals surface area contributed by atoms with Crippen LogP contribution in [0.15, 0.2) is 59.7 Å². The monoisotopic (exact) mass is 600 g/mol. The number of carbonyl (C=O) groups excluding carboxylic acids is 1. The smallest absolute Gasteiger partial charge is 0.244 e. The van der Waals surface area contributed by atoms with Gasteiger partial charge in [0.25, 0.3) is 0 Å². The summed E-state index contributed by atoms with van der Waals surface area (Å²) in [7, 11) is 0. The molecule has 0 radical (unpaired) electrons. The summed E-state index contributed by atoms with van der Waals surface area (Å²) in [4.78, 5) is 12.1. The number of hydrazone groups is 1. The third-order valence-corrected chi connectivity index (χ3v) is 5.92. The lowest BCUT2D eigenvalue weighted by molar-refractivity contribution is -0.120. The van der Waals surface area contributed by atoms with Crippen LogP contribution in [0.4, 0.5) is 4.39 Å². The minimum Gasteiger partial charge on any atom is -0.490 e. The van der Waals surface area contributed by atoms with Crippen LogP contribution in [0.5, 0.6) is 11.5 Å². The van der Waals surface area contributed by atoms with Gasteiger partial charge in [-0.3, -0.25) is 4.79 Å². The van der Waals surface area contributed by atoms with E-state index in [0.717, 1.165) is 14.7 Å². The maximum absolute atomic E-state index is 13.0. The second kappa shape index (κ2) is 12.2. The van der Waals surface area contributed by atoms with Crippen molar-refractivity contribution in [3.8, 4) is 11.5 Å². The topological polar surface area (TPSA) is 59.9 Å². The van der Waals surface area contributed by atoms with Gasteiger partial charge in [0.2, 0.25) is 5.91 Å². The second-order valence-corrected chi connectivity index (χ2v) is 8.87.